The number of anilines is 1. The van der Waals surface area contributed by atoms with Gasteiger partial charge in [0, 0.05) is 30.4 Å². The molecule has 0 saturated carbocycles. The van der Waals surface area contributed by atoms with Crippen LogP contribution in [0.5, 0.6) is 0 Å². The van der Waals surface area contributed by atoms with Crippen molar-refractivity contribution in [2.45, 2.75) is 25.7 Å². The highest BCUT2D eigenvalue weighted by molar-refractivity contribution is 7.80. The van der Waals surface area contributed by atoms with Crippen LogP contribution in [0.3, 0.4) is 0 Å². The van der Waals surface area contributed by atoms with E-state index >= 15 is 0 Å². The van der Waals surface area contributed by atoms with Crippen LogP contribution in [0.4, 0.5) is 11.4 Å². The third-order valence-corrected chi connectivity index (χ3v) is 5.04. The van der Waals surface area contributed by atoms with E-state index in [1.165, 1.54) is 24.3 Å². The van der Waals surface area contributed by atoms with Gasteiger partial charge in [-0.1, -0.05) is 31.0 Å². The maximum Gasteiger partial charge on any atom is 0.282 e. The second-order valence-corrected chi connectivity index (χ2v) is 7.38. The lowest BCUT2D eigenvalue weighted by molar-refractivity contribution is -0.385. The smallest absolute Gasteiger partial charge is 0.282 e. The number of nitro groups is 1. The van der Waals surface area contributed by atoms with Gasteiger partial charge < -0.3 is 10.2 Å². The van der Waals surface area contributed by atoms with Gasteiger partial charge >= 0.3 is 0 Å². The molecule has 0 unspecified atom stereocenters. The number of thiocarbonyl (C=S) groups is 1. The highest BCUT2D eigenvalue weighted by Gasteiger charge is 2.20. The number of rotatable bonds is 4. The van der Waals surface area contributed by atoms with Crippen LogP contribution in [0.1, 0.15) is 46.4 Å². The number of benzene rings is 2. The molecule has 156 valence electrons. The molecule has 2 N–H and O–H groups in total. The van der Waals surface area contributed by atoms with Crippen molar-refractivity contribution in [3.8, 4) is 0 Å². The van der Waals surface area contributed by atoms with Gasteiger partial charge in [0.2, 0.25) is 0 Å². The number of likely N-dealkylation sites (tertiary alicyclic amines) is 1. The molecule has 9 heteroatoms. The minimum absolute atomic E-state index is 0.0162. The predicted molar refractivity (Wildman–Crippen MR) is 118 cm³/mol. The zero-order valence-electron chi connectivity index (χ0n) is 16.3. The number of amides is 2. The van der Waals surface area contributed by atoms with E-state index in [0.717, 1.165) is 38.8 Å². The second-order valence-electron chi connectivity index (χ2n) is 6.97. The average molecular weight is 426 g/mol. The fourth-order valence-corrected chi connectivity index (χ4v) is 3.55. The molecule has 0 atom stereocenters. The van der Waals surface area contributed by atoms with Crippen molar-refractivity contribution >= 4 is 40.5 Å². The first kappa shape index (κ1) is 21.4. The van der Waals surface area contributed by atoms with Crippen LogP contribution in [0, 0.1) is 10.1 Å². The molecule has 0 aromatic heterocycles. The molecule has 0 spiro atoms. The van der Waals surface area contributed by atoms with E-state index in [1.54, 1.807) is 24.3 Å². The maximum absolute atomic E-state index is 12.8. The Bertz CT molecular complexity index is 971. The van der Waals surface area contributed by atoms with Crippen molar-refractivity contribution in [1.29, 1.82) is 0 Å². The molecular weight excluding hydrogens is 404 g/mol. The normalized spacial score (nSPS) is 13.8. The molecule has 1 aliphatic heterocycles. The van der Waals surface area contributed by atoms with Crippen LogP contribution in [-0.2, 0) is 0 Å². The summed E-state index contributed by atoms with van der Waals surface area (Å²) in [5, 5.41) is 16.4. The number of nitrogens with zero attached hydrogens (tertiary/aromatic N) is 2. The van der Waals surface area contributed by atoms with E-state index in [-0.39, 0.29) is 22.3 Å². The Hall–Kier alpha value is -3.33. The summed E-state index contributed by atoms with van der Waals surface area (Å²) < 4.78 is 0. The minimum Gasteiger partial charge on any atom is -0.339 e. The largest absolute Gasteiger partial charge is 0.339 e. The molecule has 2 aromatic rings. The molecule has 30 heavy (non-hydrogen) atoms. The van der Waals surface area contributed by atoms with Gasteiger partial charge in [-0.15, -0.1) is 0 Å². The van der Waals surface area contributed by atoms with Gasteiger partial charge in [-0.05, 0) is 49.3 Å². The lowest BCUT2D eigenvalue weighted by Gasteiger charge is -2.20. The topological polar surface area (TPSA) is 105 Å². The molecule has 0 bridgehead atoms. The number of hydrogen-bond donors (Lipinski definition) is 2. The summed E-state index contributed by atoms with van der Waals surface area (Å²) >= 11 is 5.16. The molecule has 8 nitrogen and oxygen atoms in total. The zero-order valence-corrected chi connectivity index (χ0v) is 17.1. The standard InChI is InChI=1S/C21H22N4O4S/c26-19(17-10-3-4-11-18(17)25(28)29)23-21(30)22-16-9-7-8-15(14-16)20(27)24-12-5-1-2-6-13-24/h3-4,7-11,14H,1-2,5-6,12-13H2,(H2,22,23,26,30). The second kappa shape index (κ2) is 9.93. The van der Waals surface area contributed by atoms with E-state index in [2.05, 4.69) is 10.6 Å². The van der Waals surface area contributed by atoms with Gasteiger partial charge in [0.1, 0.15) is 5.56 Å². The first-order valence-corrected chi connectivity index (χ1v) is 10.1. The van der Waals surface area contributed by atoms with E-state index in [4.69, 9.17) is 12.2 Å². The summed E-state index contributed by atoms with van der Waals surface area (Å²) in [5.74, 6) is -0.716. The van der Waals surface area contributed by atoms with Gasteiger partial charge in [0.25, 0.3) is 17.5 Å². The van der Waals surface area contributed by atoms with Crippen LogP contribution in [0.15, 0.2) is 48.5 Å². The highest BCUT2D eigenvalue weighted by Crippen LogP contribution is 2.18. The van der Waals surface area contributed by atoms with Gasteiger partial charge in [0.05, 0.1) is 4.92 Å². The lowest BCUT2D eigenvalue weighted by atomic mass is 10.1. The number of para-hydroxylation sites is 1. The van der Waals surface area contributed by atoms with E-state index in [0.29, 0.717) is 11.3 Å². The SMILES string of the molecule is O=C(NC(=S)Nc1cccc(C(=O)N2CCCCCC2)c1)c1ccccc1[N+](=O)[O-]. The highest BCUT2D eigenvalue weighted by atomic mass is 32.1. The summed E-state index contributed by atoms with van der Waals surface area (Å²) in [7, 11) is 0. The quantitative estimate of drug-likeness (QED) is 0.438. The first-order valence-electron chi connectivity index (χ1n) is 9.71. The molecule has 2 aromatic carbocycles. The lowest BCUT2D eigenvalue weighted by Crippen LogP contribution is -2.34. The Morgan fingerprint density at radius 2 is 1.70 bits per heavy atom. The van der Waals surface area contributed by atoms with E-state index < -0.39 is 10.8 Å². The number of carbonyl (C=O) groups excluding carboxylic acids is 2. The van der Waals surface area contributed by atoms with Crippen molar-refractivity contribution in [1.82, 2.24) is 10.2 Å². The van der Waals surface area contributed by atoms with Gasteiger partial charge in [-0.25, -0.2) is 0 Å². The third-order valence-electron chi connectivity index (χ3n) is 4.83. The molecule has 0 radical (unpaired) electrons. The van der Waals surface area contributed by atoms with Gasteiger partial charge in [-0.3, -0.25) is 25.0 Å². The summed E-state index contributed by atoms with van der Waals surface area (Å²) in [5.41, 5.74) is 0.692. The van der Waals surface area contributed by atoms with Crippen LogP contribution in [-0.4, -0.2) is 39.8 Å². The first-order chi connectivity index (χ1) is 14.5. The maximum atomic E-state index is 12.8. The molecule has 1 saturated heterocycles. The molecular formula is C21H22N4O4S. The fraction of sp³-hybridized carbons (Fsp3) is 0.286. The molecule has 3 rings (SSSR count). The summed E-state index contributed by atoms with van der Waals surface area (Å²) in [6.07, 6.45) is 4.29. The van der Waals surface area contributed by atoms with Crippen molar-refractivity contribution in [3.05, 3.63) is 69.8 Å². The molecule has 1 heterocycles. The Labute approximate surface area is 179 Å². The van der Waals surface area contributed by atoms with Crippen LogP contribution in [0.25, 0.3) is 0 Å². The molecule has 1 fully saturated rings. The monoisotopic (exact) mass is 426 g/mol. The Kier molecular flexibility index (Phi) is 7.08. The summed E-state index contributed by atoms with van der Waals surface area (Å²) in [6.45, 7) is 1.50. The summed E-state index contributed by atoms with van der Waals surface area (Å²) in [4.78, 5) is 37.5. The van der Waals surface area contributed by atoms with Gasteiger partial charge in [-0.2, -0.15) is 0 Å². The molecule has 0 aliphatic carbocycles. The van der Waals surface area contributed by atoms with Crippen LogP contribution < -0.4 is 10.6 Å². The van der Waals surface area contributed by atoms with Crippen LogP contribution >= 0.6 is 12.2 Å². The average Bonchev–Trinajstić information content (AvgIpc) is 3.02. The molecule has 1 aliphatic rings. The Morgan fingerprint density at radius 1 is 1.00 bits per heavy atom. The summed E-state index contributed by atoms with van der Waals surface area (Å²) in [6, 6.07) is 12.5. The predicted octanol–water partition coefficient (Wildman–Crippen LogP) is 3.74. The van der Waals surface area contributed by atoms with E-state index in [1.807, 2.05) is 4.90 Å². The molecule has 2 amide bonds. The van der Waals surface area contributed by atoms with Crippen molar-refractivity contribution in [2.24, 2.45) is 0 Å². The van der Waals surface area contributed by atoms with Crippen molar-refractivity contribution in [3.63, 3.8) is 0 Å². The van der Waals surface area contributed by atoms with Crippen molar-refractivity contribution < 1.29 is 14.5 Å². The van der Waals surface area contributed by atoms with Crippen LogP contribution in [0.2, 0.25) is 0 Å². The number of nitrogens with one attached hydrogen (secondary N) is 2. The number of carbonyl (C=O) groups is 2. The number of hydrogen-bond acceptors (Lipinski definition) is 5. The third kappa shape index (κ3) is 5.38. The van der Waals surface area contributed by atoms with E-state index in [9.17, 15) is 19.7 Å². The fourth-order valence-electron chi connectivity index (χ4n) is 3.34. The minimum atomic E-state index is -0.684. The zero-order chi connectivity index (χ0) is 21.5. The number of nitro benzene ring substituents is 1. The Balaban J connectivity index is 1.66. The van der Waals surface area contributed by atoms with Crippen molar-refractivity contribution in [2.75, 3.05) is 18.4 Å². The van der Waals surface area contributed by atoms with Gasteiger partial charge in [0.15, 0.2) is 5.11 Å². The Morgan fingerprint density at radius 3 is 2.40 bits per heavy atom.